The van der Waals surface area contributed by atoms with E-state index in [1.54, 1.807) is 7.11 Å². The lowest BCUT2D eigenvalue weighted by Crippen LogP contribution is -2.27. The average molecular weight is 425 g/mol. The highest BCUT2D eigenvalue weighted by molar-refractivity contribution is 6.21. The molecule has 29 heavy (non-hydrogen) atoms. The molecule has 1 aliphatic carbocycles. The van der Waals surface area contributed by atoms with Crippen LogP contribution in [0.5, 0.6) is 5.75 Å². The third-order valence-corrected chi connectivity index (χ3v) is 6.21. The van der Waals surface area contributed by atoms with Crippen molar-refractivity contribution in [3.05, 3.63) is 41.0 Å². The van der Waals surface area contributed by atoms with Crippen LogP contribution in [0.4, 0.5) is 0 Å². The number of alkyl halides is 1. The van der Waals surface area contributed by atoms with Gasteiger partial charge in [-0.1, -0.05) is 12.2 Å². The number of hydrogen-bond donors (Lipinski definition) is 2. The summed E-state index contributed by atoms with van der Waals surface area (Å²) in [5.74, 6) is 0.141. The number of unbranched alkanes of at least 4 members (excludes halogenated alkanes) is 1. The van der Waals surface area contributed by atoms with E-state index in [4.69, 9.17) is 26.2 Å². The molecule has 0 saturated heterocycles. The fourth-order valence-electron chi connectivity index (χ4n) is 4.03. The van der Waals surface area contributed by atoms with E-state index in [9.17, 15) is 9.90 Å². The van der Waals surface area contributed by atoms with Crippen molar-refractivity contribution in [3.8, 4) is 5.75 Å². The lowest BCUT2D eigenvalue weighted by molar-refractivity contribution is -0.137. The molecular formula is C23H33ClO5. The molecule has 4 atom stereocenters. The highest BCUT2D eigenvalue weighted by atomic mass is 35.5. The van der Waals surface area contributed by atoms with Gasteiger partial charge in [0.15, 0.2) is 0 Å². The first-order valence-corrected chi connectivity index (χ1v) is 10.7. The molecule has 2 N–H and O–H groups in total. The Morgan fingerprint density at radius 2 is 1.93 bits per heavy atom. The molecule has 162 valence electrons. The first-order valence-electron chi connectivity index (χ1n) is 10.2. The van der Waals surface area contributed by atoms with Gasteiger partial charge in [0.25, 0.3) is 0 Å². The maximum atomic E-state index is 10.6. The van der Waals surface area contributed by atoms with E-state index >= 15 is 0 Å². The fourth-order valence-corrected chi connectivity index (χ4v) is 4.51. The zero-order chi connectivity index (χ0) is 21.4. The number of aryl methyl sites for hydroxylation is 2. The number of aliphatic carboxylic acids is 1. The Bertz CT molecular complexity index is 680. The van der Waals surface area contributed by atoms with Gasteiger partial charge in [0.2, 0.25) is 0 Å². The smallest absolute Gasteiger partial charge is 0.303 e. The van der Waals surface area contributed by atoms with E-state index in [1.165, 1.54) is 5.56 Å². The number of rotatable bonds is 11. The van der Waals surface area contributed by atoms with Gasteiger partial charge in [-0.25, -0.2) is 0 Å². The summed E-state index contributed by atoms with van der Waals surface area (Å²) in [7, 11) is 1.69. The molecule has 5 nitrogen and oxygen atoms in total. The van der Waals surface area contributed by atoms with E-state index in [1.807, 2.05) is 32.1 Å². The minimum atomic E-state index is -0.768. The van der Waals surface area contributed by atoms with E-state index in [2.05, 4.69) is 6.08 Å². The first kappa shape index (κ1) is 23.7. The summed E-state index contributed by atoms with van der Waals surface area (Å²) in [4.78, 5) is 10.6. The highest BCUT2D eigenvalue weighted by Gasteiger charge is 2.41. The quantitative estimate of drug-likeness (QED) is 0.307. The van der Waals surface area contributed by atoms with Gasteiger partial charge in [0.1, 0.15) is 5.75 Å². The number of allylic oxidation sites excluding steroid dienone is 2. The second kappa shape index (κ2) is 11.6. The second-order valence-corrected chi connectivity index (χ2v) is 8.48. The summed E-state index contributed by atoms with van der Waals surface area (Å²) in [5, 5.41) is 19.1. The monoisotopic (exact) mass is 424 g/mol. The molecule has 2 rings (SSSR count). The molecule has 0 bridgehead atoms. The molecule has 0 heterocycles. The summed E-state index contributed by atoms with van der Waals surface area (Å²) in [5.41, 5.74) is 3.43. The van der Waals surface area contributed by atoms with E-state index in [-0.39, 0.29) is 23.6 Å². The lowest BCUT2D eigenvalue weighted by atomic mass is 9.92. The number of halogens is 1. The molecule has 1 aromatic rings. The van der Waals surface area contributed by atoms with Crippen LogP contribution in [0.25, 0.3) is 0 Å². The Morgan fingerprint density at radius 1 is 1.24 bits per heavy atom. The van der Waals surface area contributed by atoms with Gasteiger partial charge in [-0.15, -0.1) is 11.6 Å². The molecule has 0 spiro atoms. The number of aliphatic hydroxyl groups is 1. The highest BCUT2D eigenvalue weighted by Crippen LogP contribution is 2.39. The Morgan fingerprint density at radius 3 is 2.55 bits per heavy atom. The number of aliphatic hydroxyl groups excluding tert-OH is 1. The molecule has 1 aromatic carbocycles. The van der Waals surface area contributed by atoms with Crippen molar-refractivity contribution >= 4 is 17.6 Å². The SMILES string of the molecule is COCc1c(C)cc(OC[C@@H]2[C@@H](C/C=C\CCCC(=O)O)[C@@H](Cl)C[C@H]2O)cc1C. The Hall–Kier alpha value is -1.56. The average Bonchev–Trinajstić information content (AvgIpc) is 2.92. The summed E-state index contributed by atoms with van der Waals surface area (Å²) in [6.45, 7) is 5.09. The summed E-state index contributed by atoms with van der Waals surface area (Å²) in [6.07, 6.45) is 6.48. The Labute approximate surface area is 178 Å². The number of hydrogen-bond acceptors (Lipinski definition) is 4. The maximum absolute atomic E-state index is 10.6. The van der Waals surface area contributed by atoms with Crippen LogP contribution in [0.3, 0.4) is 0 Å². The first-order chi connectivity index (χ1) is 13.8. The van der Waals surface area contributed by atoms with Crippen molar-refractivity contribution in [2.45, 2.75) is 64.0 Å². The van der Waals surface area contributed by atoms with Crippen LogP contribution in [-0.2, 0) is 16.1 Å². The molecule has 1 fully saturated rings. The second-order valence-electron chi connectivity index (χ2n) is 7.92. The Kier molecular flexibility index (Phi) is 9.47. The molecule has 1 saturated carbocycles. The predicted molar refractivity (Wildman–Crippen MR) is 115 cm³/mol. The van der Waals surface area contributed by atoms with Crippen LogP contribution < -0.4 is 4.74 Å². The van der Waals surface area contributed by atoms with Crippen LogP contribution in [0.15, 0.2) is 24.3 Å². The summed E-state index contributed by atoms with van der Waals surface area (Å²) in [6, 6.07) is 4.02. The van der Waals surface area contributed by atoms with Gasteiger partial charge in [0, 0.05) is 24.8 Å². The van der Waals surface area contributed by atoms with Crippen molar-refractivity contribution in [3.63, 3.8) is 0 Å². The Balaban J connectivity index is 1.93. The zero-order valence-electron chi connectivity index (χ0n) is 17.6. The van der Waals surface area contributed by atoms with Crippen LogP contribution in [0.2, 0.25) is 0 Å². The molecule has 0 aromatic heterocycles. The normalized spacial score (nSPS) is 24.3. The van der Waals surface area contributed by atoms with Crippen LogP contribution >= 0.6 is 11.6 Å². The van der Waals surface area contributed by atoms with Crippen LogP contribution in [0, 0.1) is 25.7 Å². The topological polar surface area (TPSA) is 76.0 Å². The van der Waals surface area contributed by atoms with Gasteiger partial charge < -0.3 is 19.7 Å². The standard InChI is InChI=1S/C23H33ClO5/c1-15-10-17(11-16(2)19(15)13-28-3)29-14-20-18(21(24)12-22(20)25)8-6-4-5-7-9-23(26)27/h4,6,10-11,18,20-22,25H,5,7-9,12-14H2,1-3H3,(H,26,27)/b6-4-/t18-,20-,21+,22-/m1/s1. The molecule has 0 aliphatic heterocycles. The van der Waals surface area contributed by atoms with Gasteiger partial charge in [-0.05, 0) is 74.3 Å². The van der Waals surface area contributed by atoms with Gasteiger partial charge in [0.05, 0.1) is 19.3 Å². The van der Waals surface area contributed by atoms with Crippen LogP contribution in [-0.4, -0.2) is 41.4 Å². The molecular weight excluding hydrogens is 392 g/mol. The minimum Gasteiger partial charge on any atom is -0.493 e. The number of carboxylic acid groups (broad SMARTS) is 1. The molecule has 0 amide bonds. The van der Waals surface area contributed by atoms with Crippen molar-refractivity contribution in [2.75, 3.05) is 13.7 Å². The van der Waals surface area contributed by atoms with Gasteiger partial charge >= 0.3 is 5.97 Å². The lowest BCUT2D eigenvalue weighted by Gasteiger charge is -2.23. The third-order valence-electron chi connectivity index (χ3n) is 5.71. The number of carboxylic acids is 1. The molecule has 0 radical (unpaired) electrons. The van der Waals surface area contributed by atoms with E-state index in [0.29, 0.717) is 26.1 Å². The van der Waals surface area contributed by atoms with Crippen LogP contribution in [0.1, 0.15) is 48.8 Å². The van der Waals surface area contributed by atoms with Gasteiger partial charge in [-0.3, -0.25) is 4.79 Å². The zero-order valence-corrected chi connectivity index (χ0v) is 18.3. The minimum absolute atomic E-state index is 0.0274. The van der Waals surface area contributed by atoms with Crippen molar-refractivity contribution in [1.82, 2.24) is 0 Å². The summed E-state index contributed by atoms with van der Waals surface area (Å²) >= 11 is 6.50. The largest absolute Gasteiger partial charge is 0.493 e. The van der Waals surface area contributed by atoms with Crippen molar-refractivity contribution in [2.24, 2.45) is 11.8 Å². The van der Waals surface area contributed by atoms with Gasteiger partial charge in [-0.2, -0.15) is 0 Å². The third kappa shape index (κ3) is 7.02. The molecule has 1 aliphatic rings. The van der Waals surface area contributed by atoms with Crippen molar-refractivity contribution < 1.29 is 24.5 Å². The predicted octanol–water partition coefficient (Wildman–Crippen LogP) is 4.63. The van der Waals surface area contributed by atoms with E-state index in [0.717, 1.165) is 29.7 Å². The number of benzene rings is 1. The maximum Gasteiger partial charge on any atom is 0.303 e. The summed E-state index contributed by atoms with van der Waals surface area (Å²) < 4.78 is 11.3. The number of carbonyl (C=O) groups is 1. The van der Waals surface area contributed by atoms with E-state index < -0.39 is 12.1 Å². The number of methoxy groups -OCH3 is 1. The molecule has 6 heteroatoms. The number of ether oxygens (including phenoxy) is 2. The van der Waals surface area contributed by atoms with Crippen molar-refractivity contribution in [1.29, 1.82) is 0 Å². The molecule has 0 unspecified atom stereocenters. The fraction of sp³-hybridized carbons (Fsp3) is 0.609.